The molecule has 5 nitrogen and oxygen atoms in total. The highest BCUT2D eigenvalue weighted by Crippen LogP contribution is 2.27. The van der Waals surface area contributed by atoms with E-state index >= 15 is 0 Å². The van der Waals surface area contributed by atoms with Crippen LogP contribution in [0.15, 0.2) is 35.8 Å². The molecule has 1 aliphatic rings. The van der Waals surface area contributed by atoms with Crippen LogP contribution in [0.4, 0.5) is 5.69 Å². The molecular formula is C19H20N4OS. The number of rotatable bonds is 4. The average Bonchev–Trinajstić information content (AvgIpc) is 3.19. The van der Waals surface area contributed by atoms with Gasteiger partial charge in [0.25, 0.3) is 0 Å². The molecule has 0 bridgehead atoms. The highest BCUT2D eigenvalue weighted by Gasteiger charge is 2.24. The van der Waals surface area contributed by atoms with E-state index in [1.54, 1.807) is 11.3 Å². The van der Waals surface area contributed by atoms with Crippen LogP contribution in [0.2, 0.25) is 0 Å². The molecule has 3 heterocycles. The first-order chi connectivity index (χ1) is 12.1. The largest absolute Gasteiger partial charge is 0.311 e. The van der Waals surface area contributed by atoms with Gasteiger partial charge in [-0.3, -0.25) is 9.69 Å². The van der Waals surface area contributed by atoms with E-state index in [4.69, 9.17) is 0 Å². The van der Waals surface area contributed by atoms with Crippen LogP contribution in [0.1, 0.15) is 17.0 Å². The predicted molar refractivity (Wildman–Crippen MR) is 101 cm³/mol. The number of hydrogen-bond acceptors (Lipinski definition) is 5. The van der Waals surface area contributed by atoms with Gasteiger partial charge in [0.15, 0.2) is 0 Å². The van der Waals surface area contributed by atoms with E-state index in [-0.39, 0.29) is 5.91 Å². The van der Waals surface area contributed by atoms with Gasteiger partial charge in [0.1, 0.15) is 5.82 Å². The minimum Gasteiger partial charge on any atom is -0.311 e. The van der Waals surface area contributed by atoms with Crippen molar-refractivity contribution >= 4 is 33.1 Å². The van der Waals surface area contributed by atoms with Crippen LogP contribution in [0.3, 0.4) is 0 Å². The molecule has 0 fully saturated rings. The second-order valence-corrected chi connectivity index (χ2v) is 7.43. The fraction of sp³-hybridized carbons (Fsp3) is 0.316. The van der Waals surface area contributed by atoms with Crippen molar-refractivity contribution in [3.63, 3.8) is 0 Å². The summed E-state index contributed by atoms with van der Waals surface area (Å²) < 4.78 is 1.11. The van der Waals surface area contributed by atoms with Crippen molar-refractivity contribution in [2.24, 2.45) is 0 Å². The minimum absolute atomic E-state index is 0.125. The molecule has 1 aromatic carbocycles. The molecule has 6 heteroatoms. The van der Waals surface area contributed by atoms with E-state index in [1.807, 2.05) is 41.2 Å². The second kappa shape index (κ2) is 6.54. The third-order valence-corrected chi connectivity index (χ3v) is 5.57. The fourth-order valence-corrected chi connectivity index (χ4v) is 4.12. The Hall–Kier alpha value is -2.31. The third kappa shape index (κ3) is 3.15. The molecule has 1 amide bonds. The number of nitrogens with zero attached hydrogens (tertiary/aromatic N) is 4. The average molecular weight is 352 g/mol. The molecule has 0 N–H and O–H groups in total. The van der Waals surface area contributed by atoms with Gasteiger partial charge in [0.2, 0.25) is 5.91 Å². The molecule has 0 saturated carbocycles. The quantitative estimate of drug-likeness (QED) is 0.724. The summed E-state index contributed by atoms with van der Waals surface area (Å²) in [5.41, 5.74) is 4.49. The van der Waals surface area contributed by atoms with Crippen LogP contribution in [0.25, 0.3) is 10.2 Å². The zero-order chi connectivity index (χ0) is 17.4. The summed E-state index contributed by atoms with van der Waals surface area (Å²) in [4.78, 5) is 25.6. The van der Waals surface area contributed by atoms with E-state index < -0.39 is 0 Å². The molecule has 25 heavy (non-hydrogen) atoms. The normalized spacial score (nSPS) is 13.6. The van der Waals surface area contributed by atoms with E-state index in [2.05, 4.69) is 28.3 Å². The van der Waals surface area contributed by atoms with Crippen molar-refractivity contribution in [2.45, 2.75) is 19.9 Å². The number of aryl methyl sites for hydroxylation is 1. The maximum atomic E-state index is 12.7. The molecule has 0 atom stereocenters. The summed E-state index contributed by atoms with van der Waals surface area (Å²) in [6.45, 7) is 3.75. The zero-order valence-corrected chi connectivity index (χ0v) is 15.2. The first kappa shape index (κ1) is 16.2. The van der Waals surface area contributed by atoms with E-state index in [0.29, 0.717) is 13.1 Å². The number of fused-ring (bicyclic) bond motifs is 2. The highest BCUT2D eigenvalue weighted by atomic mass is 32.1. The lowest BCUT2D eigenvalue weighted by atomic mass is 10.2. The van der Waals surface area contributed by atoms with Crippen LogP contribution < -0.4 is 4.90 Å². The van der Waals surface area contributed by atoms with Gasteiger partial charge in [-0.1, -0.05) is 18.2 Å². The number of likely N-dealkylation sites (N-methyl/N-ethyl adjacent to an activating group) is 1. The standard InChI is InChI=1S/C19H20N4OS/c1-13-12-25-16-9-20-17(21-19(13)16)10-22(2)11-18(24)23-8-7-14-5-3-4-6-15(14)23/h3-6,9,12H,7-8,10-11H2,1-2H3. The summed E-state index contributed by atoms with van der Waals surface area (Å²) in [6.07, 6.45) is 2.81. The van der Waals surface area contributed by atoms with Gasteiger partial charge < -0.3 is 4.90 Å². The van der Waals surface area contributed by atoms with Crippen LogP contribution in [0, 0.1) is 6.92 Å². The number of amides is 1. The Morgan fingerprint density at radius 3 is 3.08 bits per heavy atom. The van der Waals surface area contributed by atoms with Gasteiger partial charge in [0.05, 0.1) is 23.3 Å². The second-order valence-electron chi connectivity index (χ2n) is 6.51. The van der Waals surface area contributed by atoms with Crippen LogP contribution in [-0.2, 0) is 17.8 Å². The van der Waals surface area contributed by atoms with Gasteiger partial charge in [-0.25, -0.2) is 9.97 Å². The zero-order valence-electron chi connectivity index (χ0n) is 14.4. The summed E-state index contributed by atoms with van der Waals surface area (Å²) in [6, 6.07) is 8.13. The minimum atomic E-state index is 0.125. The van der Waals surface area contributed by atoms with Crippen LogP contribution in [-0.4, -0.2) is 40.9 Å². The van der Waals surface area contributed by atoms with Crippen molar-refractivity contribution in [1.29, 1.82) is 0 Å². The number of carbonyl (C=O) groups excluding carboxylic acids is 1. The summed E-state index contributed by atoms with van der Waals surface area (Å²) in [5.74, 6) is 0.881. The maximum Gasteiger partial charge on any atom is 0.241 e. The molecule has 0 spiro atoms. The van der Waals surface area contributed by atoms with Gasteiger partial charge in [0, 0.05) is 18.4 Å². The van der Waals surface area contributed by atoms with Crippen molar-refractivity contribution in [2.75, 3.05) is 25.0 Å². The number of hydrogen-bond donors (Lipinski definition) is 0. The Balaban J connectivity index is 1.44. The van der Waals surface area contributed by atoms with E-state index in [1.165, 1.54) is 11.1 Å². The Bertz CT molecular complexity index is 936. The summed E-state index contributed by atoms with van der Waals surface area (Å²) >= 11 is 1.66. The molecule has 1 aliphatic heterocycles. The van der Waals surface area contributed by atoms with Crippen LogP contribution in [0.5, 0.6) is 0 Å². The Morgan fingerprint density at radius 1 is 1.36 bits per heavy atom. The van der Waals surface area contributed by atoms with Crippen molar-refractivity contribution < 1.29 is 4.79 Å². The monoisotopic (exact) mass is 352 g/mol. The van der Waals surface area contributed by atoms with E-state index in [0.717, 1.165) is 34.7 Å². The number of thiophene rings is 1. The van der Waals surface area contributed by atoms with Gasteiger partial charge in [-0.05, 0) is 43.0 Å². The molecule has 0 unspecified atom stereocenters. The lowest BCUT2D eigenvalue weighted by Crippen LogP contribution is -2.38. The lowest BCUT2D eigenvalue weighted by Gasteiger charge is -2.21. The number of para-hydroxylation sites is 1. The maximum absolute atomic E-state index is 12.7. The van der Waals surface area contributed by atoms with Gasteiger partial charge in [-0.15, -0.1) is 11.3 Å². The van der Waals surface area contributed by atoms with Crippen molar-refractivity contribution in [3.8, 4) is 0 Å². The summed E-state index contributed by atoms with van der Waals surface area (Å²) in [7, 11) is 1.94. The fourth-order valence-electron chi connectivity index (χ4n) is 3.27. The topological polar surface area (TPSA) is 49.3 Å². The van der Waals surface area contributed by atoms with E-state index in [9.17, 15) is 4.79 Å². The number of carbonyl (C=O) groups is 1. The Labute approximate surface area is 150 Å². The molecule has 128 valence electrons. The number of benzene rings is 1. The Morgan fingerprint density at radius 2 is 2.20 bits per heavy atom. The molecule has 0 saturated heterocycles. The molecule has 4 rings (SSSR count). The molecule has 3 aromatic rings. The molecule has 2 aromatic heterocycles. The molecule has 0 aliphatic carbocycles. The Kier molecular flexibility index (Phi) is 4.23. The van der Waals surface area contributed by atoms with Crippen molar-refractivity contribution in [1.82, 2.24) is 14.9 Å². The smallest absolute Gasteiger partial charge is 0.241 e. The number of anilines is 1. The third-order valence-electron chi connectivity index (χ3n) is 4.55. The SMILES string of the molecule is Cc1csc2cnc(CN(C)CC(=O)N3CCc4ccccc43)nc12. The predicted octanol–water partition coefficient (Wildman–Crippen LogP) is 3.02. The first-order valence-corrected chi connectivity index (χ1v) is 9.26. The van der Waals surface area contributed by atoms with Gasteiger partial charge in [-0.2, -0.15) is 0 Å². The lowest BCUT2D eigenvalue weighted by molar-refractivity contribution is -0.119. The van der Waals surface area contributed by atoms with Crippen LogP contribution >= 0.6 is 11.3 Å². The first-order valence-electron chi connectivity index (χ1n) is 8.38. The highest BCUT2D eigenvalue weighted by molar-refractivity contribution is 7.17. The molecular weight excluding hydrogens is 332 g/mol. The van der Waals surface area contributed by atoms with Gasteiger partial charge >= 0.3 is 0 Å². The summed E-state index contributed by atoms with van der Waals surface area (Å²) in [5, 5.41) is 2.10. The van der Waals surface area contributed by atoms with Crippen molar-refractivity contribution in [3.05, 3.63) is 52.8 Å². The number of aromatic nitrogens is 2. The molecule has 0 radical (unpaired) electrons.